The van der Waals surface area contributed by atoms with E-state index in [1.165, 1.54) is 0 Å². The topological polar surface area (TPSA) is 74.1 Å². The van der Waals surface area contributed by atoms with Crippen LogP contribution in [0.25, 0.3) is 0 Å². The van der Waals surface area contributed by atoms with Crippen molar-refractivity contribution in [1.82, 2.24) is 4.90 Å². The van der Waals surface area contributed by atoms with Gasteiger partial charge in [0.2, 0.25) is 5.96 Å². The third kappa shape index (κ3) is 2.82. The fraction of sp³-hybridized carbons (Fsp3) is 0.385. The number of benzene rings is 1. The molecule has 0 aliphatic carbocycles. The molecule has 1 N–H and O–H groups in total. The van der Waals surface area contributed by atoms with Gasteiger partial charge in [0.05, 0.1) is 0 Å². The Kier molecular flexibility index (Phi) is 3.43. The minimum atomic E-state index is -3.77. The van der Waals surface area contributed by atoms with Crippen LogP contribution in [0.5, 0.6) is 0 Å². The Morgan fingerprint density at radius 1 is 1.05 bits per heavy atom. The molecule has 0 saturated carbocycles. The van der Waals surface area contributed by atoms with Crippen LogP contribution in [0.2, 0.25) is 0 Å². The minimum absolute atomic E-state index is 0.350. The fourth-order valence-electron chi connectivity index (χ4n) is 2.37. The van der Waals surface area contributed by atoms with E-state index in [4.69, 9.17) is 0 Å². The summed E-state index contributed by atoms with van der Waals surface area (Å²) in [6, 6.07) is 9.43. The molecule has 1 saturated heterocycles. The summed E-state index contributed by atoms with van der Waals surface area (Å²) in [5, 5.41) is 3.08. The molecule has 7 heteroatoms. The van der Waals surface area contributed by atoms with E-state index in [2.05, 4.69) is 14.1 Å². The normalized spacial score (nSPS) is 21.3. The van der Waals surface area contributed by atoms with E-state index in [9.17, 15) is 8.42 Å². The first kappa shape index (κ1) is 13.1. The Labute approximate surface area is 118 Å². The lowest BCUT2D eigenvalue weighted by Crippen LogP contribution is -2.44. The van der Waals surface area contributed by atoms with Gasteiger partial charge in [-0.1, -0.05) is 24.6 Å². The molecule has 0 bridgehead atoms. The first-order valence-electron chi connectivity index (χ1n) is 6.67. The summed E-state index contributed by atoms with van der Waals surface area (Å²) in [6.07, 6.45) is 3.72. The monoisotopic (exact) mass is 292 g/mol. The Bertz CT molecular complexity index is 652. The van der Waals surface area contributed by atoms with Crippen LogP contribution in [-0.2, 0) is 10.2 Å². The fourth-order valence-corrected chi connectivity index (χ4v) is 3.23. The largest absolute Gasteiger partial charge is 0.367 e. The van der Waals surface area contributed by atoms with E-state index in [-0.39, 0.29) is 0 Å². The first-order chi connectivity index (χ1) is 9.64. The van der Waals surface area contributed by atoms with Gasteiger partial charge in [-0.3, -0.25) is 4.90 Å². The highest BCUT2D eigenvalue weighted by molar-refractivity contribution is 7.89. The maximum absolute atomic E-state index is 11.8. The van der Waals surface area contributed by atoms with Gasteiger partial charge in [0.25, 0.3) is 0 Å². The van der Waals surface area contributed by atoms with E-state index in [1.807, 2.05) is 35.2 Å². The number of hydrogen-bond acceptors (Lipinski definition) is 4. The van der Waals surface area contributed by atoms with Crippen molar-refractivity contribution in [3.63, 3.8) is 0 Å². The summed E-state index contributed by atoms with van der Waals surface area (Å²) < 4.78 is 31.1. The van der Waals surface area contributed by atoms with Crippen LogP contribution in [0.3, 0.4) is 0 Å². The van der Waals surface area contributed by atoms with E-state index in [0.29, 0.717) is 18.2 Å². The lowest BCUT2D eigenvalue weighted by atomic mass is 10.2. The molecule has 0 unspecified atom stereocenters. The van der Waals surface area contributed by atoms with E-state index in [0.717, 1.165) is 31.5 Å². The maximum atomic E-state index is 11.8. The third-order valence-electron chi connectivity index (χ3n) is 3.30. The van der Waals surface area contributed by atoms with Crippen LogP contribution in [0.15, 0.2) is 39.1 Å². The molecule has 0 aromatic heterocycles. The second-order valence-corrected chi connectivity index (χ2v) is 6.08. The van der Waals surface area contributed by atoms with Crippen molar-refractivity contribution in [2.45, 2.75) is 25.7 Å². The van der Waals surface area contributed by atoms with Crippen LogP contribution < -0.4 is 5.32 Å². The van der Waals surface area contributed by atoms with E-state index in [1.54, 1.807) is 0 Å². The average molecular weight is 292 g/mol. The second kappa shape index (κ2) is 5.24. The number of para-hydroxylation sites is 1. The molecule has 2 aliphatic heterocycles. The predicted molar refractivity (Wildman–Crippen MR) is 79.0 cm³/mol. The molecule has 0 atom stereocenters. The van der Waals surface area contributed by atoms with Gasteiger partial charge in [-0.25, -0.2) is 0 Å². The quantitative estimate of drug-likeness (QED) is 0.859. The number of guanidine groups is 1. The van der Waals surface area contributed by atoms with Crippen molar-refractivity contribution in [1.29, 1.82) is 0 Å². The Hall–Kier alpha value is -1.89. The van der Waals surface area contributed by atoms with Gasteiger partial charge in [0.1, 0.15) is 5.84 Å². The number of fused-ring (bicyclic) bond motifs is 1. The van der Waals surface area contributed by atoms with Crippen LogP contribution in [0.1, 0.15) is 25.7 Å². The number of rotatable bonds is 1. The summed E-state index contributed by atoms with van der Waals surface area (Å²) in [6.45, 7) is 0.743. The van der Waals surface area contributed by atoms with Crippen molar-refractivity contribution in [3.05, 3.63) is 30.3 Å². The van der Waals surface area contributed by atoms with Crippen molar-refractivity contribution < 1.29 is 8.42 Å². The van der Waals surface area contributed by atoms with Gasteiger partial charge in [-0.05, 0) is 25.0 Å². The molecule has 106 valence electrons. The number of amidine groups is 1. The third-order valence-corrected chi connectivity index (χ3v) is 4.15. The maximum Gasteiger partial charge on any atom is 0.367 e. The lowest BCUT2D eigenvalue weighted by Gasteiger charge is -2.28. The predicted octanol–water partition coefficient (Wildman–Crippen LogP) is 1.99. The number of nitrogens with zero attached hydrogens (tertiary/aromatic N) is 3. The number of hydrogen-bond donors (Lipinski definition) is 1. The summed E-state index contributed by atoms with van der Waals surface area (Å²) >= 11 is 0. The van der Waals surface area contributed by atoms with Gasteiger partial charge < -0.3 is 5.32 Å². The minimum Gasteiger partial charge on any atom is -0.325 e. The molecule has 1 fully saturated rings. The molecule has 0 spiro atoms. The smallest absolute Gasteiger partial charge is 0.325 e. The van der Waals surface area contributed by atoms with Crippen LogP contribution in [0, 0.1) is 0 Å². The Morgan fingerprint density at radius 3 is 2.65 bits per heavy atom. The zero-order valence-corrected chi connectivity index (χ0v) is 11.8. The van der Waals surface area contributed by atoms with Gasteiger partial charge in [-0.15, -0.1) is 8.80 Å². The summed E-state index contributed by atoms with van der Waals surface area (Å²) in [5.41, 5.74) is 0.812. The standard InChI is InChI=1S/C13H16N4O2S/c18-20(19)15-12-9-5-2-6-10-17(12)13(16-20)14-11-7-3-1-4-8-11/h1,3-4,7-8H,2,5-6,9-10H2,(H,14,16). The molecule has 0 amide bonds. The van der Waals surface area contributed by atoms with Gasteiger partial charge >= 0.3 is 10.2 Å². The number of anilines is 1. The molecule has 2 aliphatic rings. The summed E-state index contributed by atoms with van der Waals surface area (Å²) in [5.74, 6) is 0.944. The average Bonchev–Trinajstić information content (AvgIpc) is 2.64. The van der Waals surface area contributed by atoms with E-state index < -0.39 is 10.2 Å². The lowest BCUT2D eigenvalue weighted by molar-refractivity contribution is 0.565. The molecule has 3 rings (SSSR count). The molecule has 1 aromatic rings. The van der Waals surface area contributed by atoms with Gasteiger partial charge in [0, 0.05) is 18.7 Å². The van der Waals surface area contributed by atoms with Crippen LogP contribution in [-0.4, -0.2) is 31.7 Å². The van der Waals surface area contributed by atoms with Gasteiger partial charge in [-0.2, -0.15) is 8.42 Å². The molecular formula is C13H16N4O2S. The first-order valence-corrected chi connectivity index (χ1v) is 8.07. The molecular weight excluding hydrogens is 276 g/mol. The molecule has 1 aromatic carbocycles. The summed E-state index contributed by atoms with van der Waals surface area (Å²) in [4.78, 5) is 1.88. The van der Waals surface area contributed by atoms with Crippen molar-refractivity contribution >= 4 is 27.7 Å². The van der Waals surface area contributed by atoms with Gasteiger partial charge in [0.15, 0.2) is 0 Å². The van der Waals surface area contributed by atoms with E-state index >= 15 is 0 Å². The van der Waals surface area contributed by atoms with Crippen molar-refractivity contribution in [3.8, 4) is 0 Å². The van der Waals surface area contributed by atoms with Crippen molar-refractivity contribution in [2.75, 3.05) is 11.9 Å². The molecule has 20 heavy (non-hydrogen) atoms. The number of nitrogens with one attached hydrogen (secondary N) is 1. The molecule has 6 nitrogen and oxygen atoms in total. The molecule has 2 heterocycles. The SMILES string of the molecule is O=S1(=O)N=C2CCCCCN2C(Nc2ccccc2)=N1. The highest BCUT2D eigenvalue weighted by Crippen LogP contribution is 2.20. The van der Waals surface area contributed by atoms with Crippen molar-refractivity contribution in [2.24, 2.45) is 8.80 Å². The van der Waals surface area contributed by atoms with Crippen LogP contribution >= 0.6 is 0 Å². The zero-order valence-electron chi connectivity index (χ0n) is 11.0. The second-order valence-electron chi connectivity index (χ2n) is 4.82. The Morgan fingerprint density at radius 2 is 1.85 bits per heavy atom. The summed E-state index contributed by atoms with van der Waals surface area (Å²) in [7, 11) is -3.77. The zero-order chi connectivity index (χ0) is 14.0. The Balaban J connectivity index is 1.93. The molecule has 0 radical (unpaired) electrons. The van der Waals surface area contributed by atoms with Crippen LogP contribution in [0.4, 0.5) is 5.69 Å². The highest BCUT2D eigenvalue weighted by Gasteiger charge is 2.28. The highest BCUT2D eigenvalue weighted by atomic mass is 32.2.